The lowest BCUT2D eigenvalue weighted by Gasteiger charge is -2.25. The van der Waals surface area contributed by atoms with Crippen LogP contribution in [-0.2, 0) is 4.74 Å². The van der Waals surface area contributed by atoms with E-state index in [1.807, 2.05) is 19.1 Å². The Labute approximate surface area is 155 Å². The fraction of sp³-hybridized carbons (Fsp3) is 0.333. The van der Waals surface area contributed by atoms with Crippen molar-refractivity contribution in [2.24, 2.45) is 5.10 Å². The molecule has 1 unspecified atom stereocenters. The van der Waals surface area contributed by atoms with Crippen LogP contribution in [0.1, 0.15) is 48.9 Å². The molecule has 0 spiro atoms. The fourth-order valence-corrected chi connectivity index (χ4v) is 2.92. The summed E-state index contributed by atoms with van der Waals surface area (Å²) >= 11 is 5.87. The standard InChI is InChI=1S/C18H19ClN4O3/c1-3-26-18(25)14-10-20-16-15(9-4-11(2)23(16)17(14)24)22-21-13-7-5-12(19)6-8-13/h5-8,10-11,21H,3-4,9H2,1-2H3. The molecule has 1 atom stereocenters. The number of fused-ring (bicyclic) bond motifs is 1. The molecule has 1 aromatic heterocycles. The number of halogens is 1. The average molecular weight is 375 g/mol. The van der Waals surface area contributed by atoms with Crippen LogP contribution in [0.25, 0.3) is 0 Å². The molecule has 1 aliphatic rings. The smallest absolute Gasteiger partial charge is 0.345 e. The zero-order valence-corrected chi connectivity index (χ0v) is 15.3. The molecule has 0 radical (unpaired) electrons. The predicted octanol–water partition coefficient (Wildman–Crippen LogP) is 3.24. The molecule has 1 aromatic carbocycles. The highest BCUT2D eigenvalue weighted by Gasteiger charge is 2.27. The third-order valence-corrected chi connectivity index (χ3v) is 4.40. The zero-order valence-electron chi connectivity index (χ0n) is 14.5. The third kappa shape index (κ3) is 3.62. The Morgan fingerprint density at radius 3 is 2.85 bits per heavy atom. The summed E-state index contributed by atoms with van der Waals surface area (Å²) < 4.78 is 6.44. The number of carbonyl (C=O) groups excluding carboxylic acids is 1. The summed E-state index contributed by atoms with van der Waals surface area (Å²) in [6.45, 7) is 3.81. The Morgan fingerprint density at radius 2 is 2.15 bits per heavy atom. The average Bonchev–Trinajstić information content (AvgIpc) is 2.63. The van der Waals surface area contributed by atoms with Crippen LogP contribution >= 0.6 is 11.6 Å². The first kappa shape index (κ1) is 18.1. The Morgan fingerprint density at radius 1 is 1.42 bits per heavy atom. The molecule has 0 amide bonds. The molecule has 8 heteroatoms. The summed E-state index contributed by atoms with van der Waals surface area (Å²) in [5.74, 6) is -0.195. The Kier molecular flexibility index (Phi) is 5.37. The van der Waals surface area contributed by atoms with Crippen LogP contribution in [0.15, 0.2) is 40.4 Å². The Hall–Kier alpha value is -2.67. The summed E-state index contributed by atoms with van der Waals surface area (Å²) in [4.78, 5) is 29.0. The van der Waals surface area contributed by atoms with Gasteiger partial charge in [-0.3, -0.25) is 14.8 Å². The number of benzene rings is 1. The molecule has 26 heavy (non-hydrogen) atoms. The number of hydrazone groups is 1. The number of carbonyl (C=O) groups is 1. The molecule has 1 N–H and O–H groups in total. The molecule has 1 aliphatic heterocycles. The van der Waals surface area contributed by atoms with E-state index in [1.165, 1.54) is 10.8 Å². The number of anilines is 1. The number of hydrogen-bond acceptors (Lipinski definition) is 6. The van der Waals surface area contributed by atoms with Gasteiger partial charge >= 0.3 is 5.97 Å². The van der Waals surface area contributed by atoms with Crippen LogP contribution in [0.5, 0.6) is 0 Å². The van der Waals surface area contributed by atoms with Gasteiger partial charge < -0.3 is 4.74 Å². The van der Waals surface area contributed by atoms with Gasteiger partial charge in [-0.2, -0.15) is 5.10 Å². The van der Waals surface area contributed by atoms with Crippen molar-refractivity contribution < 1.29 is 9.53 Å². The van der Waals surface area contributed by atoms with Crippen LogP contribution < -0.4 is 11.0 Å². The highest BCUT2D eigenvalue weighted by molar-refractivity contribution is 6.30. The topological polar surface area (TPSA) is 85.6 Å². The van der Waals surface area contributed by atoms with Crippen LogP contribution in [0.3, 0.4) is 0 Å². The number of nitrogens with one attached hydrogen (secondary N) is 1. The molecular formula is C18H19ClN4O3. The molecule has 0 saturated heterocycles. The van der Waals surface area contributed by atoms with Gasteiger partial charge in [-0.15, -0.1) is 0 Å². The molecule has 3 rings (SSSR count). The second-order valence-corrected chi connectivity index (χ2v) is 6.39. The van der Waals surface area contributed by atoms with Crippen molar-refractivity contribution in [2.45, 2.75) is 32.7 Å². The quantitative estimate of drug-likeness (QED) is 0.655. The number of rotatable bonds is 4. The third-order valence-electron chi connectivity index (χ3n) is 4.15. The summed E-state index contributed by atoms with van der Waals surface area (Å²) in [7, 11) is 0. The highest BCUT2D eigenvalue weighted by Crippen LogP contribution is 2.22. The number of ether oxygens (including phenoxy) is 1. The first-order valence-electron chi connectivity index (χ1n) is 8.38. The second kappa shape index (κ2) is 7.70. The molecule has 136 valence electrons. The molecule has 7 nitrogen and oxygen atoms in total. The van der Waals surface area contributed by atoms with Gasteiger partial charge in [0.15, 0.2) is 5.82 Å². The van der Waals surface area contributed by atoms with E-state index in [9.17, 15) is 9.59 Å². The maximum atomic E-state index is 12.7. The lowest BCUT2D eigenvalue weighted by molar-refractivity contribution is 0.0522. The summed E-state index contributed by atoms with van der Waals surface area (Å²) in [6, 6.07) is 7.06. The van der Waals surface area contributed by atoms with Crippen LogP contribution in [0.2, 0.25) is 5.02 Å². The predicted molar refractivity (Wildman–Crippen MR) is 100 cm³/mol. The lowest BCUT2D eigenvalue weighted by Crippen LogP contribution is -2.37. The number of esters is 1. The monoisotopic (exact) mass is 374 g/mol. The first-order valence-corrected chi connectivity index (χ1v) is 8.76. The van der Waals surface area contributed by atoms with Crippen LogP contribution in [0, 0.1) is 0 Å². The van der Waals surface area contributed by atoms with Crippen molar-refractivity contribution in [1.29, 1.82) is 0 Å². The summed E-state index contributed by atoms with van der Waals surface area (Å²) in [6.07, 6.45) is 2.66. The van der Waals surface area contributed by atoms with Gasteiger partial charge in [0.2, 0.25) is 0 Å². The maximum absolute atomic E-state index is 12.7. The van der Waals surface area contributed by atoms with E-state index < -0.39 is 11.5 Å². The van der Waals surface area contributed by atoms with E-state index in [2.05, 4.69) is 15.5 Å². The van der Waals surface area contributed by atoms with Crippen LogP contribution in [-0.4, -0.2) is 27.8 Å². The minimum absolute atomic E-state index is 0.0608. The van der Waals surface area contributed by atoms with E-state index in [4.69, 9.17) is 16.3 Å². The maximum Gasteiger partial charge on any atom is 0.345 e. The minimum atomic E-state index is -0.657. The lowest BCUT2D eigenvalue weighted by atomic mass is 10.0. The fourth-order valence-electron chi connectivity index (χ4n) is 2.79. The first-order chi connectivity index (χ1) is 12.5. The summed E-state index contributed by atoms with van der Waals surface area (Å²) in [5.41, 5.74) is 3.93. The van der Waals surface area contributed by atoms with Gasteiger partial charge in [0.1, 0.15) is 11.3 Å². The Bertz CT molecular complexity index is 906. The van der Waals surface area contributed by atoms with Gasteiger partial charge in [-0.1, -0.05) is 11.6 Å². The van der Waals surface area contributed by atoms with Crippen molar-refractivity contribution in [2.75, 3.05) is 12.0 Å². The van der Waals surface area contributed by atoms with Crippen molar-refractivity contribution >= 4 is 29.0 Å². The van der Waals surface area contributed by atoms with E-state index in [-0.39, 0.29) is 18.2 Å². The van der Waals surface area contributed by atoms with Crippen molar-refractivity contribution in [3.05, 3.63) is 57.2 Å². The van der Waals surface area contributed by atoms with E-state index in [1.54, 1.807) is 19.1 Å². The van der Waals surface area contributed by atoms with E-state index >= 15 is 0 Å². The molecule has 0 saturated carbocycles. The molecule has 2 heterocycles. The summed E-state index contributed by atoms with van der Waals surface area (Å²) in [5, 5.41) is 5.03. The number of hydrogen-bond donors (Lipinski definition) is 1. The van der Waals surface area contributed by atoms with Gasteiger partial charge in [-0.25, -0.2) is 9.78 Å². The van der Waals surface area contributed by atoms with Crippen molar-refractivity contribution in [1.82, 2.24) is 9.55 Å². The van der Waals surface area contributed by atoms with Gasteiger partial charge in [-0.05, 0) is 51.0 Å². The molecule has 0 fully saturated rings. The normalized spacial score (nSPS) is 17.7. The molecule has 0 aliphatic carbocycles. The second-order valence-electron chi connectivity index (χ2n) is 5.96. The molecular weight excluding hydrogens is 356 g/mol. The van der Waals surface area contributed by atoms with E-state index in [0.717, 1.165) is 12.1 Å². The van der Waals surface area contributed by atoms with Crippen molar-refractivity contribution in [3.8, 4) is 0 Å². The van der Waals surface area contributed by atoms with Gasteiger partial charge in [0, 0.05) is 17.3 Å². The number of nitrogens with zero attached hydrogens (tertiary/aromatic N) is 3. The van der Waals surface area contributed by atoms with Gasteiger partial charge in [0.05, 0.1) is 12.3 Å². The van der Waals surface area contributed by atoms with Crippen LogP contribution in [0.4, 0.5) is 5.69 Å². The largest absolute Gasteiger partial charge is 0.462 e. The highest BCUT2D eigenvalue weighted by atomic mass is 35.5. The van der Waals surface area contributed by atoms with Crippen molar-refractivity contribution in [3.63, 3.8) is 0 Å². The minimum Gasteiger partial charge on any atom is -0.462 e. The van der Waals surface area contributed by atoms with E-state index in [0.29, 0.717) is 23.0 Å². The van der Waals surface area contributed by atoms with Gasteiger partial charge in [0.25, 0.3) is 5.56 Å². The Balaban J connectivity index is 1.95. The number of aromatic nitrogens is 2. The zero-order chi connectivity index (χ0) is 18.7. The molecule has 0 bridgehead atoms. The molecule has 2 aromatic rings. The SMILES string of the molecule is CCOC(=O)c1cnc2n(c1=O)C(C)CCC2=NNc1ccc(Cl)cc1.